The van der Waals surface area contributed by atoms with Gasteiger partial charge < -0.3 is 4.74 Å². The number of aromatic amines is 1. The van der Waals surface area contributed by atoms with E-state index in [1.807, 2.05) is 66.7 Å². The fourth-order valence-electron chi connectivity index (χ4n) is 3.14. The molecule has 4 aromatic rings. The number of rotatable bonds is 7. The number of carbonyl (C=O) groups is 1. The van der Waals surface area contributed by atoms with Gasteiger partial charge in [-0.15, -0.1) is 0 Å². The summed E-state index contributed by atoms with van der Waals surface area (Å²) in [7, 11) is 0. The number of carbonyl (C=O) groups excluding carboxylic acids is 1. The molecule has 0 aliphatic carbocycles. The first kappa shape index (κ1) is 21.1. The molecule has 3 aromatic carbocycles. The molecule has 0 unspecified atom stereocenters. The van der Waals surface area contributed by atoms with Crippen LogP contribution in [0, 0.1) is 13.8 Å². The van der Waals surface area contributed by atoms with Gasteiger partial charge in [-0.1, -0.05) is 54.6 Å². The Morgan fingerprint density at radius 2 is 1.84 bits per heavy atom. The number of amides is 1. The highest BCUT2D eigenvalue weighted by Gasteiger charge is 2.11. The quantitative estimate of drug-likeness (QED) is 0.322. The number of aromatic nitrogens is 2. The Morgan fingerprint density at radius 3 is 2.66 bits per heavy atom. The van der Waals surface area contributed by atoms with Crippen LogP contribution in [-0.4, -0.2) is 22.3 Å². The van der Waals surface area contributed by atoms with Crippen LogP contribution in [0.15, 0.2) is 84.0 Å². The molecular weight excluding hydrogens is 400 g/mol. The van der Waals surface area contributed by atoms with Gasteiger partial charge >= 0.3 is 0 Å². The molecule has 0 fully saturated rings. The van der Waals surface area contributed by atoms with Crippen molar-refractivity contribution in [1.82, 2.24) is 15.6 Å². The molecule has 0 bridgehead atoms. The summed E-state index contributed by atoms with van der Waals surface area (Å²) >= 11 is 0. The van der Waals surface area contributed by atoms with Gasteiger partial charge in [0.15, 0.2) is 0 Å². The van der Waals surface area contributed by atoms with Crippen LogP contribution in [0.3, 0.4) is 0 Å². The number of hydrogen-bond acceptors (Lipinski definition) is 4. The average molecular weight is 425 g/mol. The molecule has 4 rings (SSSR count). The highest BCUT2D eigenvalue weighted by molar-refractivity contribution is 5.94. The van der Waals surface area contributed by atoms with Crippen molar-refractivity contribution in [2.75, 3.05) is 0 Å². The van der Waals surface area contributed by atoms with Crippen molar-refractivity contribution in [3.8, 4) is 17.0 Å². The molecular formula is C26H24N4O2. The molecule has 0 saturated carbocycles. The van der Waals surface area contributed by atoms with Crippen molar-refractivity contribution in [3.05, 3.63) is 107 Å². The lowest BCUT2D eigenvalue weighted by Crippen LogP contribution is -2.18. The standard InChI is InChI=1S/C26H24N4O2/c1-18-11-12-22(13-19(18)2)24-15-25(29-28-24)26(31)30-27-16-21-9-6-10-23(14-21)32-17-20-7-4-3-5-8-20/h3-16H,17H2,1-2H3,(H,28,29)(H,30,31). The molecule has 0 radical (unpaired) electrons. The minimum Gasteiger partial charge on any atom is -0.489 e. The monoisotopic (exact) mass is 424 g/mol. The normalized spacial score (nSPS) is 10.9. The van der Waals surface area contributed by atoms with Crippen LogP contribution in [0.2, 0.25) is 0 Å². The van der Waals surface area contributed by atoms with E-state index in [9.17, 15) is 4.79 Å². The van der Waals surface area contributed by atoms with Crippen molar-refractivity contribution in [2.45, 2.75) is 20.5 Å². The minimum atomic E-state index is -0.361. The highest BCUT2D eigenvalue weighted by atomic mass is 16.5. The van der Waals surface area contributed by atoms with Crippen molar-refractivity contribution in [2.24, 2.45) is 5.10 Å². The molecule has 32 heavy (non-hydrogen) atoms. The molecule has 6 heteroatoms. The van der Waals surface area contributed by atoms with E-state index in [2.05, 4.69) is 40.6 Å². The Kier molecular flexibility index (Phi) is 6.41. The molecule has 0 aliphatic rings. The molecule has 2 N–H and O–H groups in total. The van der Waals surface area contributed by atoms with E-state index in [0.717, 1.165) is 22.4 Å². The van der Waals surface area contributed by atoms with Gasteiger partial charge in [0, 0.05) is 5.56 Å². The lowest BCUT2D eigenvalue weighted by molar-refractivity contribution is 0.0950. The minimum absolute atomic E-state index is 0.343. The Bertz CT molecular complexity index is 1250. The first-order valence-electron chi connectivity index (χ1n) is 10.3. The molecule has 1 amide bonds. The van der Waals surface area contributed by atoms with Crippen LogP contribution in [0.1, 0.15) is 32.7 Å². The third-order valence-electron chi connectivity index (χ3n) is 5.11. The Labute approximate surface area is 187 Å². The maximum Gasteiger partial charge on any atom is 0.289 e. The van der Waals surface area contributed by atoms with E-state index in [1.165, 1.54) is 11.1 Å². The number of ether oxygens (including phenoxy) is 1. The first-order chi connectivity index (χ1) is 15.6. The molecule has 160 valence electrons. The van der Waals surface area contributed by atoms with Gasteiger partial charge in [-0.25, -0.2) is 5.43 Å². The average Bonchev–Trinajstić information content (AvgIpc) is 3.31. The van der Waals surface area contributed by atoms with Gasteiger partial charge in [0.2, 0.25) is 0 Å². The Hall–Kier alpha value is -4.19. The van der Waals surface area contributed by atoms with Gasteiger partial charge in [-0.3, -0.25) is 9.89 Å². The molecule has 0 spiro atoms. The van der Waals surface area contributed by atoms with Crippen molar-refractivity contribution >= 4 is 12.1 Å². The Balaban J connectivity index is 1.35. The van der Waals surface area contributed by atoms with Crippen LogP contribution in [0.25, 0.3) is 11.3 Å². The lowest BCUT2D eigenvalue weighted by Gasteiger charge is -2.06. The number of hydrazone groups is 1. The maximum absolute atomic E-state index is 12.4. The second kappa shape index (κ2) is 9.75. The first-order valence-corrected chi connectivity index (χ1v) is 10.3. The predicted molar refractivity (Wildman–Crippen MR) is 126 cm³/mol. The zero-order valence-corrected chi connectivity index (χ0v) is 18.0. The molecule has 0 atom stereocenters. The fraction of sp³-hybridized carbons (Fsp3) is 0.115. The van der Waals surface area contributed by atoms with Crippen LogP contribution in [0.4, 0.5) is 0 Å². The fourth-order valence-corrected chi connectivity index (χ4v) is 3.14. The van der Waals surface area contributed by atoms with Gasteiger partial charge in [0.25, 0.3) is 5.91 Å². The van der Waals surface area contributed by atoms with Crippen molar-refractivity contribution < 1.29 is 9.53 Å². The summed E-state index contributed by atoms with van der Waals surface area (Å²) in [6.45, 7) is 4.60. The number of H-pyrrole nitrogens is 1. The van der Waals surface area contributed by atoms with Gasteiger partial charge in [-0.05, 0) is 60.4 Å². The third-order valence-corrected chi connectivity index (χ3v) is 5.11. The molecule has 6 nitrogen and oxygen atoms in total. The van der Waals surface area contributed by atoms with E-state index >= 15 is 0 Å². The maximum atomic E-state index is 12.4. The molecule has 0 aliphatic heterocycles. The molecule has 1 aromatic heterocycles. The summed E-state index contributed by atoms with van der Waals surface area (Å²) < 4.78 is 5.83. The number of aryl methyl sites for hydroxylation is 2. The van der Waals surface area contributed by atoms with Crippen molar-refractivity contribution in [3.63, 3.8) is 0 Å². The van der Waals surface area contributed by atoms with E-state index < -0.39 is 0 Å². The van der Waals surface area contributed by atoms with E-state index in [4.69, 9.17) is 4.74 Å². The summed E-state index contributed by atoms with van der Waals surface area (Å²) in [5, 5.41) is 11.1. The highest BCUT2D eigenvalue weighted by Crippen LogP contribution is 2.21. The van der Waals surface area contributed by atoms with E-state index in [1.54, 1.807) is 12.3 Å². The van der Waals surface area contributed by atoms with Crippen molar-refractivity contribution in [1.29, 1.82) is 0 Å². The Morgan fingerprint density at radius 1 is 1.00 bits per heavy atom. The zero-order chi connectivity index (χ0) is 22.3. The van der Waals surface area contributed by atoms with Crippen LogP contribution in [-0.2, 0) is 6.61 Å². The van der Waals surface area contributed by atoms with Gasteiger partial charge in [-0.2, -0.15) is 10.2 Å². The lowest BCUT2D eigenvalue weighted by atomic mass is 10.0. The number of nitrogens with zero attached hydrogens (tertiary/aromatic N) is 2. The second-order valence-corrected chi connectivity index (χ2v) is 7.51. The van der Waals surface area contributed by atoms with E-state index in [0.29, 0.717) is 18.0 Å². The largest absolute Gasteiger partial charge is 0.489 e. The molecule has 1 heterocycles. The number of hydrogen-bond donors (Lipinski definition) is 2. The third kappa shape index (κ3) is 5.29. The summed E-state index contributed by atoms with van der Waals surface area (Å²) in [4.78, 5) is 12.4. The SMILES string of the molecule is Cc1ccc(-c2cc(C(=O)NN=Cc3cccc(OCc4ccccc4)c3)[nH]n2)cc1C. The van der Waals surface area contributed by atoms with Crippen LogP contribution < -0.4 is 10.2 Å². The topological polar surface area (TPSA) is 79.4 Å². The summed E-state index contributed by atoms with van der Waals surface area (Å²) in [6, 6.07) is 25.3. The van der Waals surface area contributed by atoms with Crippen LogP contribution >= 0.6 is 0 Å². The van der Waals surface area contributed by atoms with Crippen LogP contribution in [0.5, 0.6) is 5.75 Å². The number of nitrogens with one attached hydrogen (secondary N) is 2. The predicted octanol–water partition coefficient (Wildman–Crippen LogP) is 5.04. The summed E-state index contributed by atoms with van der Waals surface area (Å²) in [6.07, 6.45) is 1.58. The van der Waals surface area contributed by atoms with Gasteiger partial charge in [0.05, 0.1) is 11.9 Å². The number of benzene rings is 3. The smallest absolute Gasteiger partial charge is 0.289 e. The molecule has 0 saturated heterocycles. The van der Waals surface area contributed by atoms with E-state index in [-0.39, 0.29) is 5.91 Å². The summed E-state index contributed by atoms with van der Waals surface area (Å²) in [5.41, 5.74) is 8.85. The second-order valence-electron chi connectivity index (χ2n) is 7.51. The zero-order valence-electron chi connectivity index (χ0n) is 18.0. The summed E-state index contributed by atoms with van der Waals surface area (Å²) in [5.74, 6) is 0.371. The van der Waals surface area contributed by atoms with Gasteiger partial charge in [0.1, 0.15) is 18.1 Å².